The molecule has 1 amide bonds. The van der Waals surface area contributed by atoms with E-state index in [2.05, 4.69) is 4.98 Å². The van der Waals surface area contributed by atoms with Gasteiger partial charge >= 0.3 is 29.6 Å². The van der Waals surface area contributed by atoms with E-state index in [-0.39, 0.29) is 59.1 Å². The van der Waals surface area contributed by atoms with Crippen LogP contribution in [0.25, 0.3) is 10.6 Å². The maximum atomic E-state index is 12.1. The Balaban J connectivity index is 0.00000300. The largest absolute Gasteiger partial charge is 1.00 e. The maximum absolute atomic E-state index is 12.1. The van der Waals surface area contributed by atoms with Crippen molar-refractivity contribution in [3.63, 3.8) is 0 Å². The smallest absolute Gasteiger partial charge is 0.545 e. The molecular weight excluding hydrogens is 399 g/mol. The first-order chi connectivity index (χ1) is 13.4. The molecule has 2 N–H and O–H groups in total. The van der Waals surface area contributed by atoms with E-state index in [1.165, 1.54) is 12.1 Å². The van der Waals surface area contributed by atoms with E-state index in [1.807, 2.05) is 37.4 Å². The van der Waals surface area contributed by atoms with Crippen LogP contribution in [0.15, 0.2) is 47.8 Å². The van der Waals surface area contributed by atoms with Crippen molar-refractivity contribution in [2.75, 3.05) is 0 Å². The number of benzene rings is 1. The summed E-state index contributed by atoms with van der Waals surface area (Å²) < 4.78 is 5.84. The predicted octanol–water partition coefficient (Wildman–Crippen LogP) is -0.0211. The van der Waals surface area contributed by atoms with Gasteiger partial charge in [0.25, 0.3) is 5.91 Å². The standard InChI is InChI=1S/C21H20N2O4S.Na/c1-12(2)15-10-16(17-4-3-9-28-17)23-20(18(15)19(22)24)27-11-13-5-7-14(8-6-13)21(25)26;/h3-10,12H,11H2,1-2H3,(H2,22,24)(H,25,26);/q;+1/p-1. The Hall–Kier alpha value is -2.19. The molecule has 29 heavy (non-hydrogen) atoms. The third-order valence-corrected chi connectivity index (χ3v) is 5.12. The molecular formula is C21H19N2NaO4S. The third kappa shape index (κ3) is 5.45. The maximum Gasteiger partial charge on any atom is 1.00 e. The molecule has 0 spiro atoms. The van der Waals surface area contributed by atoms with Crippen molar-refractivity contribution in [1.29, 1.82) is 0 Å². The molecule has 0 atom stereocenters. The van der Waals surface area contributed by atoms with Crippen molar-refractivity contribution in [3.05, 3.63) is 70.1 Å². The number of carboxylic acids is 1. The van der Waals surface area contributed by atoms with Crippen LogP contribution in [0.5, 0.6) is 5.88 Å². The number of nitrogens with zero attached hydrogens (tertiary/aromatic N) is 1. The van der Waals surface area contributed by atoms with Crippen LogP contribution in [0.4, 0.5) is 0 Å². The van der Waals surface area contributed by atoms with Crippen molar-refractivity contribution in [1.82, 2.24) is 4.98 Å². The molecule has 0 aliphatic carbocycles. The minimum absolute atomic E-state index is 0. The number of pyridine rings is 1. The molecule has 0 bridgehead atoms. The van der Waals surface area contributed by atoms with Crippen molar-refractivity contribution < 1.29 is 49.0 Å². The van der Waals surface area contributed by atoms with E-state index in [0.29, 0.717) is 5.69 Å². The van der Waals surface area contributed by atoms with Crippen LogP contribution in [0.3, 0.4) is 0 Å². The number of hydrogen-bond acceptors (Lipinski definition) is 6. The number of aromatic carboxylic acids is 1. The Kier molecular flexibility index (Phi) is 7.98. The number of hydrogen-bond donors (Lipinski definition) is 1. The summed E-state index contributed by atoms with van der Waals surface area (Å²) in [6.45, 7) is 4.07. The molecule has 8 heteroatoms. The van der Waals surface area contributed by atoms with Crippen LogP contribution in [0.2, 0.25) is 0 Å². The van der Waals surface area contributed by atoms with Crippen LogP contribution < -0.4 is 45.1 Å². The first kappa shape index (κ1) is 23.1. The number of primary amides is 1. The number of nitrogens with two attached hydrogens (primary N) is 1. The topological polar surface area (TPSA) is 105 Å². The SMILES string of the molecule is CC(C)c1cc(-c2cccs2)nc(OCc2ccc(C(=O)[O-])cc2)c1C(N)=O.[Na+]. The number of ether oxygens (including phenoxy) is 1. The van der Waals surface area contributed by atoms with E-state index >= 15 is 0 Å². The third-order valence-electron chi connectivity index (χ3n) is 4.22. The molecule has 2 aromatic heterocycles. The number of carbonyl (C=O) groups is 2. The average Bonchev–Trinajstić information content (AvgIpc) is 3.20. The predicted molar refractivity (Wildman–Crippen MR) is 105 cm³/mol. The average molecular weight is 418 g/mol. The Bertz CT molecular complexity index is 1000. The van der Waals surface area contributed by atoms with Gasteiger partial charge in [-0.15, -0.1) is 11.3 Å². The normalized spacial score (nSPS) is 10.4. The molecule has 0 radical (unpaired) electrons. The molecule has 0 saturated carbocycles. The van der Waals surface area contributed by atoms with Gasteiger partial charge in [-0.1, -0.05) is 44.2 Å². The Morgan fingerprint density at radius 3 is 2.41 bits per heavy atom. The summed E-state index contributed by atoms with van der Waals surface area (Å²) >= 11 is 1.54. The first-order valence-corrected chi connectivity index (χ1v) is 9.56. The summed E-state index contributed by atoms with van der Waals surface area (Å²) in [5, 5.41) is 12.8. The number of amides is 1. The molecule has 2 heterocycles. The number of thiophene rings is 1. The van der Waals surface area contributed by atoms with Crippen LogP contribution in [-0.2, 0) is 6.61 Å². The molecule has 0 unspecified atom stereocenters. The Morgan fingerprint density at radius 2 is 1.90 bits per heavy atom. The van der Waals surface area contributed by atoms with Gasteiger partial charge in [0.1, 0.15) is 12.2 Å². The van der Waals surface area contributed by atoms with Crippen molar-refractivity contribution >= 4 is 23.2 Å². The summed E-state index contributed by atoms with van der Waals surface area (Å²) in [7, 11) is 0. The van der Waals surface area contributed by atoms with Crippen LogP contribution in [0, 0.1) is 0 Å². The fourth-order valence-electron chi connectivity index (χ4n) is 2.79. The van der Waals surface area contributed by atoms with Gasteiger partial charge < -0.3 is 20.4 Å². The summed E-state index contributed by atoms with van der Waals surface area (Å²) in [4.78, 5) is 28.5. The Labute approximate surface area is 195 Å². The quantitative estimate of drug-likeness (QED) is 0.543. The molecule has 1 aromatic carbocycles. The van der Waals surface area contributed by atoms with Gasteiger partial charge in [-0.3, -0.25) is 4.79 Å². The minimum Gasteiger partial charge on any atom is -0.545 e. The van der Waals surface area contributed by atoms with E-state index in [4.69, 9.17) is 10.5 Å². The number of rotatable bonds is 7. The molecule has 0 saturated heterocycles. The first-order valence-electron chi connectivity index (χ1n) is 8.68. The van der Waals surface area contributed by atoms with E-state index in [1.54, 1.807) is 23.5 Å². The van der Waals surface area contributed by atoms with Gasteiger partial charge in [-0.2, -0.15) is 0 Å². The van der Waals surface area contributed by atoms with Gasteiger partial charge in [0.05, 0.1) is 16.5 Å². The molecule has 0 fully saturated rings. The van der Waals surface area contributed by atoms with Gasteiger partial charge in [0, 0.05) is 0 Å². The second kappa shape index (κ2) is 10.0. The van der Waals surface area contributed by atoms with E-state index in [0.717, 1.165) is 16.0 Å². The van der Waals surface area contributed by atoms with Crippen LogP contribution in [-0.4, -0.2) is 16.9 Å². The molecule has 3 rings (SSSR count). The zero-order valence-electron chi connectivity index (χ0n) is 16.5. The van der Waals surface area contributed by atoms with Gasteiger partial charge in [0.15, 0.2) is 0 Å². The summed E-state index contributed by atoms with van der Waals surface area (Å²) in [6, 6.07) is 11.9. The second-order valence-corrected chi connectivity index (χ2v) is 7.49. The summed E-state index contributed by atoms with van der Waals surface area (Å²) in [5.41, 5.74) is 8.18. The number of aromatic nitrogens is 1. The fraction of sp³-hybridized carbons (Fsp3) is 0.190. The monoisotopic (exact) mass is 418 g/mol. The molecule has 3 aromatic rings. The summed E-state index contributed by atoms with van der Waals surface area (Å²) in [5.74, 6) is -1.62. The fourth-order valence-corrected chi connectivity index (χ4v) is 3.47. The zero-order chi connectivity index (χ0) is 20.3. The van der Waals surface area contributed by atoms with Crippen LogP contribution >= 0.6 is 11.3 Å². The van der Waals surface area contributed by atoms with Gasteiger partial charge in [-0.25, -0.2) is 4.98 Å². The number of carboxylic acid groups (broad SMARTS) is 1. The van der Waals surface area contributed by atoms with Gasteiger partial charge in [0.2, 0.25) is 5.88 Å². The second-order valence-electron chi connectivity index (χ2n) is 6.55. The Morgan fingerprint density at radius 1 is 1.21 bits per heavy atom. The van der Waals surface area contributed by atoms with E-state index in [9.17, 15) is 14.7 Å². The van der Waals surface area contributed by atoms with E-state index < -0.39 is 11.9 Å². The zero-order valence-corrected chi connectivity index (χ0v) is 19.3. The van der Waals surface area contributed by atoms with Gasteiger partial charge in [-0.05, 0) is 40.1 Å². The minimum atomic E-state index is -1.24. The molecule has 0 aliphatic rings. The van der Waals surface area contributed by atoms with Crippen molar-refractivity contribution in [3.8, 4) is 16.5 Å². The molecule has 144 valence electrons. The van der Waals surface area contributed by atoms with Crippen LogP contribution in [0.1, 0.15) is 51.6 Å². The molecule has 6 nitrogen and oxygen atoms in total. The number of carbonyl (C=O) groups excluding carboxylic acids is 2. The van der Waals surface area contributed by atoms with Crippen molar-refractivity contribution in [2.24, 2.45) is 5.73 Å². The van der Waals surface area contributed by atoms with Crippen molar-refractivity contribution in [2.45, 2.75) is 26.4 Å². The summed E-state index contributed by atoms with van der Waals surface area (Å²) in [6.07, 6.45) is 0. The molecule has 0 aliphatic heterocycles.